The lowest BCUT2D eigenvalue weighted by Crippen LogP contribution is -2.51. The molecule has 16 nitrogen and oxygen atoms in total. The van der Waals surface area contributed by atoms with Crippen LogP contribution in [0.2, 0.25) is 0 Å². The van der Waals surface area contributed by atoms with Crippen LogP contribution in [0.15, 0.2) is 64.1 Å². The molecule has 4 amide bonds. The molecule has 3 aromatic heterocycles. The third-order valence-electron chi connectivity index (χ3n) is 11.9. The van der Waals surface area contributed by atoms with E-state index in [1.165, 1.54) is 14.2 Å². The number of nitrogens with zero attached hydrogens (tertiary/aromatic N) is 4. The lowest BCUT2D eigenvalue weighted by Gasteiger charge is -2.30. The first-order chi connectivity index (χ1) is 29.8. The van der Waals surface area contributed by atoms with Crippen LogP contribution in [0.3, 0.4) is 0 Å². The van der Waals surface area contributed by atoms with Gasteiger partial charge >= 0.3 is 12.2 Å². The van der Waals surface area contributed by atoms with Gasteiger partial charge < -0.3 is 44.3 Å². The van der Waals surface area contributed by atoms with Crippen molar-refractivity contribution in [1.29, 1.82) is 0 Å². The smallest absolute Gasteiger partial charge is 0.407 e. The van der Waals surface area contributed by atoms with Gasteiger partial charge in [0, 0.05) is 36.7 Å². The third kappa shape index (κ3) is 7.71. The Labute approximate surface area is 355 Å². The molecule has 0 aliphatic carbocycles. The van der Waals surface area contributed by atoms with Crippen LogP contribution < -0.4 is 16.1 Å². The Bertz CT molecular complexity index is 2780. The van der Waals surface area contributed by atoms with Crippen LogP contribution >= 0.6 is 0 Å². The molecule has 8 rings (SSSR count). The van der Waals surface area contributed by atoms with Crippen molar-refractivity contribution in [3.8, 4) is 22.5 Å². The monoisotopic (exact) mass is 848 g/mol. The Morgan fingerprint density at radius 2 is 1.42 bits per heavy atom. The molecule has 2 aliphatic rings. The van der Waals surface area contributed by atoms with Crippen molar-refractivity contribution in [3.05, 3.63) is 82.5 Å². The molecular weight excluding hydrogens is 800 g/mol. The number of nitrogens with one attached hydrogen (secondary N) is 4. The number of aromatic nitrogens is 4. The number of amides is 4. The Hall–Kier alpha value is -6.78. The second-order valence-electron chi connectivity index (χ2n) is 16.6. The number of imidazole rings is 2. The number of halogens is 1. The maximum absolute atomic E-state index is 16.2. The summed E-state index contributed by atoms with van der Waals surface area (Å²) in [6, 6.07) is 10.4. The standard InChI is InChI=1S/C45H49FN8O8/c1-22(2)36(52-45(59)60-6)42(56)53-15-7-9-32(53)40-48-20-30(50-40)24-11-13-27-26(17-24)19-29-37(55)28-18-25(12-14-34(28)61-39(29)35(27)46)31-21-49-41(51-31)33-10-8-16-54(33)43(57)38(23(3)4)62-44(58)47-5/h11-14,17-23,32-33,36,38H,7-10,15-16H2,1-6H3,(H,47,58)(H,48,50)(H,49,51)(H,52,59)/t32-,33-,36-,38-/m0/s1. The Morgan fingerprint density at radius 1 is 0.806 bits per heavy atom. The fourth-order valence-corrected chi connectivity index (χ4v) is 8.62. The van der Waals surface area contributed by atoms with E-state index in [1.807, 2.05) is 27.7 Å². The molecule has 62 heavy (non-hydrogen) atoms. The van der Waals surface area contributed by atoms with Crippen molar-refractivity contribution in [3.63, 3.8) is 0 Å². The van der Waals surface area contributed by atoms with Crippen LogP contribution in [-0.4, -0.2) is 93.1 Å². The van der Waals surface area contributed by atoms with E-state index < -0.39 is 35.6 Å². The van der Waals surface area contributed by atoms with Gasteiger partial charge in [0.05, 0.1) is 53.7 Å². The van der Waals surface area contributed by atoms with Gasteiger partial charge in [0.1, 0.15) is 23.3 Å². The van der Waals surface area contributed by atoms with E-state index in [9.17, 15) is 24.0 Å². The van der Waals surface area contributed by atoms with Crippen molar-refractivity contribution in [1.82, 2.24) is 40.4 Å². The van der Waals surface area contributed by atoms with Crippen molar-refractivity contribution in [2.75, 3.05) is 27.2 Å². The van der Waals surface area contributed by atoms with Crippen LogP contribution in [0.4, 0.5) is 14.0 Å². The molecule has 3 aromatic carbocycles. The highest BCUT2D eigenvalue weighted by Crippen LogP contribution is 2.37. The molecule has 2 saturated heterocycles. The molecule has 2 fully saturated rings. The van der Waals surface area contributed by atoms with E-state index in [0.29, 0.717) is 65.5 Å². The van der Waals surface area contributed by atoms with Crippen LogP contribution in [0.1, 0.15) is 77.1 Å². The zero-order valence-corrected chi connectivity index (χ0v) is 35.3. The molecular formula is C45H49FN8O8. The van der Waals surface area contributed by atoms with Gasteiger partial charge in [-0.05, 0) is 73.2 Å². The molecule has 0 bridgehead atoms. The summed E-state index contributed by atoms with van der Waals surface area (Å²) in [6.45, 7) is 8.35. The molecule has 0 spiro atoms. The maximum Gasteiger partial charge on any atom is 0.407 e. The zero-order valence-electron chi connectivity index (χ0n) is 35.3. The summed E-state index contributed by atoms with van der Waals surface area (Å²) in [5.74, 6) is -0.443. The van der Waals surface area contributed by atoms with E-state index in [-0.39, 0.29) is 63.1 Å². The largest absolute Gasteiger partial charge is 0.453 e. The zero-order chi connectivity index (χ0) is 44.0. The number of rotatable bonds is 10. The summed E-state index contributed by atoms with van der Waals surface area (Å²) in [4.78, 5) is 84.8. The van der Waals surface area contributed by atoms with Crippen LogP contribution in [0.25, 0.3) is 55.2 Å². The lowest BCUT2D eigenvalue weighted by atomic mass is 10.0. The molecule has 0 radical (unpaired) electrons. The molecule has 17 heteroatoms. The van der Waals surface area contributed by atoms with E-state index in [2.05, 4.69) is 30.6 Å². The van der Waals surface area contributed by atoms with Crippen molar-refractivity contribution in [2.45, 2.75) is 77.6 Å². The van der Waals surface area contributed by atoms with Gasteiger partial charge in [-0.3, -0.25) is 14.4 Å². The van der Waals surface area contributed by atoms with Crippen LogP contribution in [0.5, 0.6) is 0 Å². The number of carbonyl (C=O) groups excluding carboxylic acids is 4. The van der Waals surface area contributed by atoms with Crippen LogP contribution in [0, 0.1) is 17.7 Å². The van der Waals surface area contributed by atoms with Gasteiger partial charge in [-0.1, -0.05) is 39.8 Å². The molecule has 4 atom stereocenters. The summed E-state index contributed by atoms with van der Waals surface area (Å²) in [5.41, 5.74) is 2.25. The van der Waals surface area contributed by atoms with Gasteiger partial charge in [0.2, 0.25) is 11.3 Å². The molecule has 324 valence electrons. The second kappa shape index (κ2) is 16.9. The number of hydrogen-bond donors (Lipinski definition) is 4. The first kappa shape index (κ1) is 41.9. The highest BCUT2D eigenvalue weighted by molar-refractivity contribution is 6.01. The molecule has 5 heterocycles. The summed E-state index contributed by atoms with van der Waals surface area (Å²) in [7, 11) is 2.70. The first-order valence-electron chi connectivity index (χ1n) is 20.8. The number of H-pyrrole nitrogens is 2. The van der Waals surface area contributed by atoms with Crippen molar-refractivity contribution in [2.24, 2.45) is 11.8 Å². The predicted molar refractivity (Wildman–Crippen MR) is 228 cm³/mol. The lowest BCUT2D eigenvalue weighted by molar-refractivity contribution is -0.143. The van der Waals surface area contributed by atoms with Gasteiger partial charge in [-0.2, -0.15) is 0 Å². The highest BCUT2D eigenvalue weighted by atomic mass is 19.1. The molecule has 6 aromatic rings. The number of likely N-dealkylation sites (tertiary alicyclic amines) is 2. The quantitative estimate of drug-likeness (QED) is 0.103. The minimum Gasteiger partial charge on any atom is -0.453 e. The fourth-order valence-electron chi connectivity index (χ4n) is 8.62. The molecule has 0 unspecified atom stereocenters. The number of benzene rings is 3. The minimum atomic E-state index is -0.958. The molecule has 4 N–H and O–H groups in total. The highest BCUT2D eigenvalue weighted by Gasteiger charge is 2.39. The van der Waals surface area contributed by atoms with Crippen LogP contribution in [-0.2, 0) is 19.1 Å². The second-order valence-corrected chi connectivity index (χ2v) is 16.6. The maximum atomic E-state index is 16.2. The SMILES string of the molecule is CNC(=O)O[C@H](C(=O)N1CCC[C@H]1c1ncc(-c2ccc3oc4c(F)c5ccc(-c6cnc([C@@H]7CCCN7C(=O)[C@@H](NC(=O)OC)C(C)C)[nH]6)cc5cc4c(=O)c3c2)[nH]1)C(C)C. The van der Waals surface area contributed by atoms with E-state index >= 15 is 4.39 Å². The number of alkyl carbamates (subject to hydrolysis) is 2. The summed E-state index contributed by atoms with van der Waals surface area (Å²) in [5, 5.41) is 6.14. The van der Waals surface area contributed by atoms with Gasteiger partial charge in [-0.15, -0.1) is 0 Å². The first-order valence-corrected chi connectivity index (χ1v) is 20.8. The average Bonchev–Trinajstić information content (AvgIpc) is 4.11. The van der Waals surface area contributed by atoms with Crippen molar-refractivity contribution >= 4 is 56.7 Å². The Morgan fingerprint density at radius 3 is 2.02 bits per heavy atom. The predicted octanol–water partition coefficient (Wildman–Crippen LogP) is 7.11. The molecule has 0 saturated carbocycles. The van der Waals surface area contributed by atoms with Gasteiger partial charge in [0.15, 0.2) is 17.5 Å². The van der Waals surface area contributed by atoms with E-state index in [1.54, 1.807) is 64.7 Å². The Kier molecular flexibility index (Phi) is 11.5. The number of aromatic amines is 2. The Balaban J connectivity index is 1.07. The van der Waals surface area contributed by atoms with E-state index in [0.717, 1.165) is 12.8 Å². The number of carbonyl (C=O) groups is 4. The summed E-state index contributed by atoms with van der Waals surface area (Å²) in [6.07, 6.45) is 3.85. The average molecular weight is 849 g/mol. The normalized spacial score (nSPS) is 17.6. The van der Waals surface area contributed by atoms with Gasteiger partial charge in [0.25, 0.3) is 5.91 Å². The fraction of sp³-hybridized carbons (Fsp3) is 0.400. The van der Waals surface area contributed by atoms with E-state index in [4.69, 9.17) is 13.9 Å². The number of ether oxygens (including phenoxy) is 2. The summed E-state index contributed by atoms with van der Waals surface area (Å²) < 4.78 is 32.5. The number of hydrogen-bond acceptors (Lipinski definition) is 10. The van der Waals surface area contributed by atoms with Crippen molar-refractivity contribution < 1.29 is 37.5 Å². The number of fused-ring (bicyclic) bond motifs is 3. The summed E-state index contributed by atoms with van der Waals surface area (Å²) >= 11 is 0. The topological polar surface area (TPSA) is 205 Å². The van der Waals surface area contributed by atoms with Gasteiger partial charge in [-0.25, -0.2) is 23.9 Å². The number of methoxy groups -OCH3 is 1. The third-order valence-corrected chi connectivity index (χ3v) is 11.9. The molecule has 2 aliphatic heterocycles. The minimum absolute atomic E-state index is 0.0755.